The van der Waals surface area contributed by atoms with Crippen LogP contribution in [0.2, 0.25) is 0 Å². The second-order valence-corrected chi connectivity index (χ2v) is 4.15. The quantitative estimate of drug-likeness (QED) is 0.764. The van der Waals surface area contributed by atoms with Crippen molar-refractivity contribution in [3.8, 4) is 5.75 Å². The van der Waals surface area contributed by atoms with Crippen molar-refractivity contribution in [1.29, 1.82) is 0 Å². The van der Waals surface area contributed by atoms with E-state index in [1.165, 1.54) is 0 Å². The standard InChI is InChI=1S/C13H15N5O3/c1-8(21-9-5-3-2-4-6-9)11(19)20-7-10-16-12(14)18-13(15)17-10/h2-6,8H,7H2,1H3,(H4,14,15,16,17,18)/t8-/m1/s1. The topological polar surface area (TPSA) is 126 Å². The van der Waals surface area contributed by atoms with Crippen molar-refractivity contribution >= 4 is 17.9 Å². The van der Waals surface area contributed by atoms with Gasteiger partial charge in [0.15, 0.2) is 18.5 Å². The van der Waals surface area contributed by atoms with Crippen molar-refractivity contribution in [2.75, 3.05) is 11.5 Å². The van der Waals surface area contributed by atoms with Gasteiger partial charge >= 0.3 is 5.97 Å². The lowest BCUT2D eigenvalue weighted by Crippen LogP contribution is -2.26. The molecule has 0 spiro atoms. The molecule has 8 heteroatoms. The maximum atomic E-state index is 11.8. The first kappa shape index (κ1) is 14.5. The van der Waals surface area contributed by atoms with Gasteiger partial charge in [-0.1, -0.05) is 18.2 Å². The minimum Gasteiger partial charge on any atom is -0.479 e. The number of rotatable bonds is 5. The van der Waals surface area contributed by atoms with Crippen LogP contribution in [-0.4, -0.2) is 27.0 Å². The number of hydrogen-bond acceptors (Lipinski definition) is 8. The monoisotopic (exact) mass is 289 g/mol. The summed E-state index contributed by atoms with van der Waals surface area (Å²) >= 11 is 0. The number of carbonyl (C=O) groups is 1. The molecule has 2 aromatic rings. The molecule has 8 nitrogen and oxygen atoms in total. The number of aromatic nitrogens is 3. The summed E-state index contributed by atoms with van der Waals surface area (Å²) in [7, 11) is 0. The van der Waals surface area contributed by atoms with E-state index in [1.807, 2.05) is 18.2 Å². The van der Waals surface area contributed by atoms with Gasteiger partial charge < -0.3 is 20.9 Å². The zero-order valence-corrected chi connectivity index (χ0v) is 11.4. The number of ether oxygens (including phenoxy) is 2. The number of esters is 1. The zero-order valence-electron chi connectivity index (χ0n) is 11.4. The lowest BCUT2D eigenvalue weighted by atomic mass is 10.3. The van der Waals surface area contributed by atoms with Gasteiger partial charge in [0.25, 0.3) is 0 Å². The van der Waals surface area contributed by atoms with Gasteiger partial charge in [0, 0.05) is 0 Å². The molecular weight excluding hydrogens is 274 g/mol. The van der Waals surface area contributed by atoms with Crippen molar-refractivity contribution in [1.82, 2.24) is 15.0 Å². The Morgan fingerprint density at radius 1 is 1.14 bits per heavy atom. The zero-order chi connectivity index (χ0) is 15.2. The number of carbonyl (C=O) groups excluding carboxylic acids is 1. The first-order valence-electron chi connectivity index (χ1n) is 6.19. The normalized spacial score (nSPS) is 11.7. The van der Waals surface area contributed by atoms with E-state index >= 15 is 0 Å². The van der Waals surface area contributed by atoms with Crippen molar-refractivity contribution in [2.45, 2.75) is 19.6 Å². The van der Waals surface area contributed by atoms with Crippen LogP contribution in [0.15, 0.2) is 30.3 Å². The van der Waals surface area contributed by atoms with Gasteiger partial charge in [0.2, 0.25) is 11.9 Å². The molecule has 0 radical (unpaired) electrons. The van der Waals surface area contributed by atoms with E-state index in [1.54, 1.807) is 19.1 Å². The van der Waals surface area contributed by atoms with Gasteiger partial charge in [0.1, 0.15) is 5.75 Å². The third-order valence-electron chi connectivity index (χ3n) is 2.45. The highest BCUT2D eigenvalue weighted by Crippen LogP contribution is 2.11. The van der Waals surface area contributed by atoms with Crippen LogP contribution in [0, 0.1) is 0 Å². The SMILES string of the molecule is C[C@@H](Oc1ccccc1)C(=O)OCc1nc(N)nc(N)n1. The Morgan fingerprint density at radius 3 is 2.38 bits per heavy atom. The summed E-state index contributed by atoms with van der Waals surface area (Å²) < 4.78 is 10.5. The molecule has 21 heavy (non-hydrogen) atoms. The molecule has 0 amide bonds. The predicted octanol–water partition coefficient (Wildman–Crippen LogP) is 0.547. The van der Waals surface area contributed by atoms with Crippen molar-refractivity contribution in [3.63, 3.8) is 0 Å². The second kappa shape index (κ2) is 6.51. The summed E-state index contributed by atoms with van der Waals surface area (Å²) in [6, 6.07) is 8.97. The summed E-state index contributed by atoms with van der Waals surface area (Å²) in [6.07, 6.45) is -0.760. The number of benzene rings is 1. The van der Waals surface area contributed by atoms with Gasteiger partial charge in [-0.05, 0) is 19.1 Å². The van der Waals surface area contributed by atoms with Crippen LogP contribution in [0.4, 0.5) is 11.9 Å². The Hall–Kier alpha value is -2.90. The largest absolute Gasteiger partial charge is 0.479 e. The summed E-state index contributed by atoms with van der Waals surface area (Å²) in [6.45, 7) is 1.43. The third-order valence-corrected chi connectivity index (χ3v) is 2.45. The highest BCUT2D eigenvalue weighted by Gasteiger charge is 2.17. The first-order chi connectivity index (χ1) is 10.0. The Balaban J connectivity index is 1.89. The first-order valence-corrected chi connectivity index (χ1v) is 6.19. The summed E-state index contributed by atoms with van der Waals surface area (Å²) in [5.41, 5.74) is 10.8. The number of para-hydroxylation sites is 1. The maximum Gasteiger partial charge on any atom is 0.347 e. The summed E-state index contributed by atoms with van der Waals surface area (Å²) in [5, 5.41) is 0. The Kier molecular flexibility index (Phi) is 4.50. The lowest BCUT2D eigenvalue weighted by molar-refractivity contribution is -0.152. The fourth-order valence-corrected chi connectivity index (χ4v) is 1.53. The summed E-state index contributed by atoms with van der Waals surface area (Å²) in [4.78, 5) is 23.0. The molecule has 1 aromatic heterocycles. The van der Waals surface area contributed by atoms with Gasteiger partial charge in [-0.2, -0.15) is 15.0 Å². The van der Waals surface area contributed by atoms with E-state index in [9.17, 15) is 4.79 Å². The highest BCUT2D eigenvalue weighted by molar-refractivity contribution is 5.74. The molecule has 1 aromatic carbocycles. The van der Waals surface area contributed by atoms with E-state index in [2.05, 4.69) is 15.0 Å². The molecule has 0 aliphatic heterocycles. The van der Waals surface area contributed by atoms with Crippen LogP contribution in [0.3, 0.4) is 0 Å². The van der Waals surface area contributed by atoms with Crippen LogP contribution in [-0.2, 0) is 16.1 Å². The number of nitrogens with zero attached hydrogens (tertiary/aromatic N) is 3. The van der Waals surface area contributed by atoms with E-state index in [-0.39, 0.29) is 24.3 Å². The van der Waals surface area contributed by atoms with Crippen LogP contribution < -0.4 is 16.2 Å². The lowest BCUT2D eigenvalue weighted by Gasteiger charge is -2.13. The average molecular weight is 289 g/mol. The van der Waals surface area contributed by atoms with Crippen LogP contribution >= 0.6 is 0 Å². The molecule has 0 aliphatic rings. The predicted molar refractivity (Wildman–Crippen MR) is 75.0 cm³/mol. The van der Waals surface area contributed by atoms with Gasteiger partial charge in [0.05, 0.1) is 0 Å². The van der Waals surface area contributed by atoms with Gasteiger partial charge in [-0.3, -0.25) is 0 Å². The molecule has 0 saturated heterocycles. The molecule has 0 aliphatic carbocycles. The fourth-order valence-electron chi connectivity index (χ4n) is 1.53. The average Bonchev–Trinajstić information content (AvgIpc) is 2.44. The Morgan fingerprint density at radius 2 is 1.76 bits per heavy atom. The number of anilines is 2. The van der Waals surface area contributed by atoms with E-state index in [0.717, 1.165) is 0 Å². The smallest absolute Gasteiger partial charge is 0.347 e. The summed E-state index contributed by atoms with van der Waals surface area (Å²) in [5.74, 6) is 0.163. The molecule has 1 heterocycles. The van der Waals surface area contributed by atoms with Gasteiger partial charge in [-0.15, -0.1) is 0 Å². The van der Waals surface area contributed by atoms with Crippen LogP contribution in [0.1, 0.15) is 12.7 Å². The second-order valence-electron chi connectivity index (χ2n) is 4.15. The van der Waals surface area contributed by atoms with E-state index in [4.69, 9.17) is 20.9 Å². The van der Waals surface area contributed by atoms with E-state index in [0.29, 0.717) is 5.75 Å². The van der Waals surface area contributed by atoms with Crippen LogP contribution in [0.5, 0.6) is 5.75 Å². The number of nitrogen functional groups attached to an aromatic ring is 2. The number of hydrogen-bond donors (Lipinski definition) is 2. The molecular formula is C13H15N5O3. The van der Waals surface area contributed by atoms with Crippen molar-refractivity contribution in [2.24, 2.45) is 0 Å². The molecule has 0 saturated carbocycles. The fraction of sp³-hybridized carbons (Fsp3) is 0.231. The molecule has 4 N–H and O–H groups in total. The van der Waals surface area contributed by atoms with E-state index < -0.39 is 12.1 Å². The molecule has 1 atom stereocenters. The Labute approximate surface area is 121 Å². The van der Waals surface area contributed by atoms with Crippen molar-refractivity contribution < 1.29 is 14.3 Å². The van der Waals surface area contributed by atoms with Crippen LogP contribution in [0.25, 0.3) is 0 Å². The number of nitrogens with two attached hydrogens (primary N) is 2. The highest BCUT2D eigenvalue weighted by atomic mass is 16.6. The maximum absolute atomic E-state index is 11.8. The molecule has 0 unspecified atom stereocenters. The third kappa shape index (κ3) is 4.30. The van der Waals surface area contributed by atoms with Crippen molar-refractivity contribution in [3.05, 3.63) is 36.2 Å². The van der Waals surface area contributed by atoms with Gasteiger partial charge in [-0.25, -0.2) is 4.79 Å². The molecule has 0 fully saturated rings. The minimum atomic E-state index is -0.760. The minimum absolute atomic E-state index is 0.0258. The molecule has 110 valence electrons. The molecule has 0 bridgehead atoms. The Bertz CT molecular complexity index is 600. The molecule has 2 rings (SSSR count).